The van der Waals surface area contributed by atoms with Crippen molar-refractivity contribution in [2.24, 2.45) is 0 Å². The molecule has 138 valence electrons. The van der Waals surface area contributed by atoms with Gasteiger partial charge in [-0.2, -0.15) is 0 Å². The van der Waals surface area contributed by atoms with E-state index in [1.807, 2.05) is 24.3 Å². The Bertz CT molecular complexity index is 873. The van der Waals surface area contributed by atoms with E-state index in [-0.39, 0.29) is 16.8 Å². The van der Waals surface area contributed by atoms with Gasteiger partial charge in [-0.25, -0.2) is 13.1 Å². The fourth-order valence-electron chi connectivity index (χ4n) is 2.56. The molecule has 3 rings (SSSR count). The van der Waals surface area contributed by atoms with Crippen molar-refractivity contribution >= 4 is 15.9 Å². The Balaban J connectivity index is 1.66. The molecule has 2 aromatic rings. The van der Waals surface area contributed by atoms with E-state index in [0.717, 1.165) is 24.2 Å². The highest BCUT2D eigenvalue weighted by Crippen LogP contribution is 2.22. The van der Waals surface area contributed by atoms with Crippen molar-refractivity contribution in [2.75, 3.05) is 14.2 Å². The van der Waals surface area contributed by atoms with Crippen LogP contribution >= 0.6 is 0 Å². The van der Waals surface area contributed by atoms with Gasteiger partial charge in [-0.1, -0.05) is 12.1 Å². The van der Waals surface area contributed by atoms with Crippen LogP contribution in [0.3, 0.4) is 0 Å². The molecule has 0 spiro atoms. The van der Waals surface area contributed by atoms with Gasteiger partial charge in [-0.15, -0.1) is 0 Å². The van der Waals surface area contributed by atoms with Crippen LogP contribution in [-0.4, -0.2) is 39.4 Å². The lowest BCUT2D eigenvalue weighted by Crippen LogP contribution is -2.27. The normalized spacial score (nSPS) is 14.1. The van der Waals surface area contributed by atoms with Gasteiger partial charge < -0.3 is 9.64 Å². The molecule has 1 aliphatic rings. The van der Waals surface area contributed by atoms with Crippen LogP contribution in [0.2, 0.25) is 0 Å². The summed E-state index contributed by atoms with van der Waals surface area (Å²) in [6, 6.07) is 13.6. The minimum absolute atomic E-state index is 0.0527. The Labute approximate surface area is 153 Å². The molecule has 1 saturated carbocycles. The van der Waals surface area contributed by atoms with Gasteiger partial charge >= 0.3 is 0 Å². The lowest BCUT2D eigenvalue weighted by atomic mass is 10.1. The fourth-order valence-corrected chi connectivity index (χ4v) is 3.87. The SMILES string of the molecule is COc1ccc(CN(C)C(=O)c2ccc(S(=O)(=O)NC3CC3)cc2)cc1. The largest absolute Gasteiger partial charge is 0.497 e. The van der Waals surface area contributed by atoms with E-state index in [0.29, 0.717) is 12.1 Å². The number of rotatable bonds is 7. The van der Waals surface area contributed by atoms with E-state index >= 15 is 0 Å². The van der Waals surface area contributed by atoms with Crippen LogP contribution in [0.15, 0.2) is 53.4 Å². The number of carbonyl (C=O) groups is 1. The number of benzene rings is 2. The molecular formula is C19H22N2O4S. The first kappa shape index (κ1) is 18.4. The molecular weight excluding hydrogens is 352 g/mol. The van der Waals surface area contributed by atoms with Crippen LogP contribution in [0.4, 0.5) is 0 Å². The molecule has 0 aliphatic heterocycles. The third-order valence-electron chi connectivity index (χ3n) is 4.24. The molecule has 6 nitrogen and oxygen atoms in total. The highest BCUT2D eigenvalue weighted by Gasteiger charge is 2.28. The van der Waals surface area contributed by atoms with Crippen molar-refractivity contribution in [3.8, 4) is 5.75 Å². The summed E-state index contributed by atoms with van der Waals surface area (Å²) in [5, 5.41) is 0. The minimum atomic E-state index is -3.50. The second-order valence-electron chi connectivity index (χ2n) is 6.43. The summed E-state index contributed by atoms with van der Waals surface area (Å²) in [7, 11) is -0.182. The number of nitrogens with one attached hydrogen (secondary N) is 1. The third-order valence-corrected chi connectivity index (χ3v) is 5.77. The molecule has 1 fully saturated rings. The molecule has 2 aromatic carbocycles. The van der Waals surface area contributed by atoms with Crippen molar-refractivity contribution in [1.82, 2.24) is 9.62 Å². The van der Waals surface area contributed by atoms with Gasteiger partial charge in [0.1, 0.15) is 5.75 Å². The van der Waals surface area contributed by atoms with E-state index in [1.165, 1.54) is 12.1 Å². The first-order chi connectivity index (χ1) is 12.4. The van der Waals surface area contributed by atoms with Gasteiger partial charge in [0.25, 0.3) is 5.91 Å². The first-order valence-corrected chi connectivity index (χ1v) is 9.88. The Morgan fingerprint density at radius 3 is 2.27 bits per heavy atom. The number of ether oxygens (including phenoxy) is 1. The zero-order chi connectivity index (χ0) is 18.7. The van der Waals surface area contributed by atoms with E-state index in [9.17, 15) is 13.2 Å². The van der Waals surface area contributed by atoms with E-state index < -0.39 is 10.0 Å². The average Bonchev–Trinajstić information content (AvgIpc) is 3.45. The summed E-state index contributed by atoms with van der Waals surface area (Å²) in [5.41, 5.74) is 1.43. The number of hydrogen-bond donors (Lipinski definition) is 1. The third kappa shape index (κ3) is 4.42. The molecule has 1 amide bonds. The Kier molecular flexibility index (Phi) is 5.29. The van der Waals surface area contributed by atoms with E-state index in [4.69, 9.17) is 4.74 Å². The monoisotopic (exact) mass is 374 g/mol. The molecule has 26 heavy (non-hydrogen) atoms. The summed E-state index contributed by atoms with van der Waals surface area (Å²) in [6.45, 7) is 0.451. The minimum Gasteiger partial charge on any atom is -0.497 e. The van der Waals surface area contributed by atoms with Crippen LogP contribution in [0.5, 0.6) is 5.75 Å². The maximum absolute atomic E-state index is 12.6. The van der Waals surface area contributed by atoms with Crippen molar-refractivity contribution < 1.29 is 17.9 Å². The Morgan fingerprint density at radius 2 is 1.73 bits per heavy atom. The molecule has 0 radical (unpaired) electrons. The van der Waals surface area contributed by atoms with Crippen LogP contribution in [0, 0.1) is 0 Å². The summed E-state index contributed by atoms with van der Waals surface area (Å²) in [4.78, 5) is 14.3. The molecule has 0 aromatic heterocycles. The molecule has 0 heterocycles. The topological polar surface area (TPSA) is 75.7 Å². The average molecular weight is 374 g/mol. The van der Waals surface area contributed by atoms with Gasteiger partial charge in [-0.3, -0.25) is 4.79 Å². The van der Waals surface area contributed by atoms with Crippen LogP contribution < -0.4 is 9.46 Å². The van der Waals surface area contributed by atoms with Gasteiger partial charge in [0.15, 0.2) is 0 Å². The predicted molar refractivity (Wildman–Crippen MR) is 98.6 cm³/mol. The maximum atomic E-state index is 12.6. The Hall–Kier alpha value is -2.38. The lowest BCUT2D eigenvalue weighted by molar-refractivity contribution is 0.0785. The summed E-state index contributed by atoms with van der Waals surface area (Å²) >= 11 is 0. The van der Waals surface area contributed by atoms with Crippen LogP contribution in [0.1, 0.15) is 28.8 Å². The fraction of sp³-hybridized carbons (Fsp3) is 0.316. The van der Waals surface area contributed by atoms with Gasteiger partial charge in [0.05, 0.1) is 12.0 Å². The van der Waals surface area contributed by atoms with Gasteiger partial charge in [-0.05, 0) is 54.8 Å². The number of carbonyl (C=O) groups excluding carboxylic acids is 1. The van der Waals surface area contributed by atoms with Gasteiger partial charge in [0, 0.05) is 25.2 Å². The zero-order valence-corrected chi connectivity index (χ0v) is 15.6. The van der Waals surface area contributed by atoms with Crippen molar-refractivity contribution in [2.45, 2.75) is 30.3 Å². The highest BCUT2D eigenvalue weighted by molar-refractivity contribution is 7.89. The quantitative estimate of drug-likeness (QED) is 0.807. The molecule has 0 bridgehead atoms. The predicted octanol–water partition coefficient (Wildman–Crippen LogP) is 2.41. The second kappa shape index (κ2) is 7.47. The summed E-state index contributed by atoms with van der Waals surface area (Å²) in [5.74, 6) is 0.597. The van der Waals surface area contributed by atoms with E-state index in [2.05, 4.69) is 4.72 Å². The summed E-state index contributed by atoms with van der Waals surface area (Å²) < 4.78 is 32.1. The standard InChI is InChI=1S/C19H22N2O4S/c1-21(13-14-3-9-17(25-2)10-4-14)19(22)15-5-11-18(12-6-15)26(23,24)20-16-7-8-16/h3-6,9-12,16,20H,7-8,13H2,1-2H3. The maximum Gasteiger partial charge on any atom is 0.253 e. The molecule has 0 unspecified atom stereocenters. The number of methoxy groups -OCH3 is 1. The molecule has 0 atom stereocenters. The number of amides is 1. The highest BCUT2D eigenvalue weighted by atomic mass is 32.2. The zero-order valence-electron chi connectivity index (χ0n) is 14.8. The molecule has 7 heteroatoms. The molecule has 1 aliphatic carbocycles. The van der Waals surface area contributed by atoms with Crippen LogP contribution in [-0.2, 0) is 16.6 Å². The van der Waals surface area contributed by atoms with Crippen LogP contribution in [0.25, 0.3) is 0 Å². The van der Waals surface area contributed by atoms with E-state index in [1.54, 1.807) is 31.2 Å². The van der Waals surface area contributed by atoms with Crippen molar-refractivity contribution in [3.63, 3.8) is 0 Å². The molecule has 0 saturated heterocycles. The smallest absolute Gasteiger partial charge is 0.253 e. The second-order valence-corrected chi connectivity index (χ2v) is 8.14. The molecule has 1 N–H and O–H groups in total. The summed E-state index contributed by atoms with van der Waals surface area (Å²) in [6.07, 6.45) is 1.76. The van der Waals surface area contributed by atoms with Crippen molar-refractivity contribution in [3.05, 3.63) is 59.7 Å². The lowest BCUT2D eigenvalue weighted by Gasteiger charge is -2.18. The number of sulfonamides is 1. The Morgan fingerprint density at radius 1 is 1.12 bits per heavy atom. The van der Waals surface area contributed by atoms with Gasteiger partial charge in [0.2, 0.25) is 10.0 Å². The number of hydrogen-bond acceptors (Lipinski definition) is 4. The first-order valence-electron chi connectivity index (χ1n) is 8.40. The number of nitrogens with zero attached hydrogens (tertiary/aromatic N) is 1. The van der Waals surface area contributed by atoms with Crippen molar-refractivity contribution in [1.29, 1.82) is 0 Å².